The van der Waals surface area contributed by atoms with Gasteiger partial charge in [-0.15, -0.1) is 0 Å². The van der Waals surface area contributed by atoms with Crippen molar-refractivity contribution in [3.8, 4) is 0 Å². The van der Waals surface area contributed by atoms with Crippen LogP contribution in [-0.4, -0.2) is 33.0 Å². The normalized spacial score (nSPS) is 16.1. The first-order valence-electron chi connectivity index (χ1n) is 8.44. The maximum atomic E-state index is 11.8. The summed E-state index contributed by atoms with van der Waals surface area (Å²) >= 11 is 0. The lowest BCUT2D eigenvalue weighted by Crippen LogP contribution is -2.15. The van der Waals surface area contributed by atoms with Crippen LogP contribution in [0.15, 0.2) is 33.4 Å². The molecule has 0 atom stereocenters. The summed E-state index contributed by atoms with van der Waals surface area (Å²) < 4.78 is 0. The van der Waals surface area contributed by atoms with Crippen LogP contribution in [0.1, 0.15) is 36.1 Å². The highest BCUT2D eigenvalue weighted by molar-refractivity contribution is 6.16. The Balaban J connectivity index is 1.93. The minimum atomic E-state index is -0.144. The first-order chi connectivity index (χ1) is 12.3. The topological polar surface area (TPSA) is 114 Å². The van der Waals surface area contributed by atoms with Gasteiger partial charge in [-0.05, 0) is 50.5 Å². The van der Waals surface area contributed by atoms with Crippen molar-refractivity contribution in [1.82, 2.24) is 9.97 Å². The Bertz CT molecular complexity index is 989. The van der Waals surface area contributed by atoms with E-state index < -0.39 is 0 Å². The summed E-state index contributed by atoms with van der Waals surface area (Å²) in [5.74, 6) is 0.0303. The summed E-state index contributed by atoms with van der Waals surface area (Å²) in [7, 11) is 0. The lowest BCUT2D eigenvalue weighted by Gasteiger charge is -2.10. The van der Waals surface area contributed by atoms with Gasteiger partial charge in [0.25, 0.3) is 5.95 Å². The molecule has 7 heteroatoms. The van der Waals surface area contributed by atoms with Crippen molar-refractivity contribution in [1.29, 1.82) is 0 Å². The molecule has 0 radical (unpaired) electrons. The van der Waals surface area contributed by atoms with E-state index in [4.69, 9.17) is 5.73 Å². The van der Waals surface area contributed by atoms with Crippen molar-refractivity contribution in [3.05, 3.63) is 40.3 Å². The van der Waals surface area contributed by atoms with Crippen molar-refractivity contribution < 1.29 is 9.90 Å². The Labute approximate surface area is 151 Å². The molecule has 0 bridgehead atoms. The molecule has 0 fully saturated rings. The van der Waals surface area contributed by atoms with Crippen LogP contribution in [0.4, 0.5) is 5.95 Å². The van der Waals surface area contributed by atoms with E-state index in [0.29, 0.717) is 19.3 Å². The number of allylic oxidation sites excluding steroid dienone is 2. The van der Waals surface area contributed by atoms with E-state index in [9.17, 15) is 9.90 Å². The van der Waals surface area contributed by atoms with E-state index in [2.05, 4.69) is 26.0 Å². The second kappa shape index (κ2) is 7.03. The second-order valence-corrected chi connectivity index (χ2v) is 6.43. The summed E-state index contributed by atoms with van der Waals surface area (Å²) in [5.41, 5.74) is 9.91. The number of carbonyl (C=O) groups is 1. The number of nitrogens with two attached hydrogens (primary N) is 1. The first-order valence-corrected chi connectivity index (χ1v) is 8.44. The summed E-state index contributed by atoms with van der Waals surface area (Å²) in [5, 5.41) is 10.8. The third-order valence-corrected chi connectivity index (χ3v) is 4.46. The van der Waals surface area contributed by atoms with Gasteiger partial charge in [0.2, 0.25) is 5.96 Å². The number of fused-ring (bicyclic) bond motifs is 1. The number of Topliss-reactive ketones (excluding diaryl/α,β-unsaturated/α-hetero) is 1. The van der Waals surface area contributed by atoms with Crippen LogP contribution in [0, 0.1) is 20.8 Å². The number of carbonyl (C=O) groups excluding carboxylic acids is 1. The maximum absolute atomic E-state index is 11.8. The maximum Gasteiger partial charge on any atom is 0.253 e. The number of benzene rings is 1. The Morgan fingerprint density at radius 1 is 1.19 bits per heavy atom. The Morgan fingerprint density at radius 2 is 1.92 bits per heavy atom. The van der Waals surface area contributed by atoms with E-state index in [1.54, 1.807) is 0 Å². The number of nitrogens with zero attached hydrogens (tertiary/aromatic N) is 4. The van der Waals surface area contributed by atoms with Gasteiger partial charge in [0.15, 0.2) is 5.78 Å². The summed E-state index contributed by atoms with van der Waals surface area (Å²) in [6, 6.07) is 4.04. The zero-order chi connectivity index (χ0) is 18.8. The molecule has 2 aromatic rings. The van der Waals surface area contributed by atoms with Crippen molar-refractivity contribution in [2.75, 3.05) is 0 Å². The van der Waals surface area contributed by atoms with Gasteiger partial charge >= 0.3 is 0 Å². The fourth-order valence-corrected chi connectivity index (χ4v) is 2.83. The molecule has 26 heavy (non-hydrogen) atoms. The third kappa shape index (κ3) is 3.61. The number of aliphatic hydroxyl groups excluding tert-OH is 1. The number of hydrogen-bond acceptors (Lipinski definition) is 5. The average Bonchev–Trinajstić information content (AvgIpc) is 2.56. The van der Waals surface area contributed by atoms with E-state index in [-0.39, 0.29) is 29.0 Å². The second-order valence-electron chi connectivity index (χ2n) is 6.43. The number of aryl methyl sites for hydroxylation is 3. The van der Waals surface area contributed by atoms with Gasteiger partial charge in [0.05, 0.1) is 16.8 Å². The van der Waals surface area contributed by atoms with Crippen LogP contribution in [0.25, 0.3) is 10.9 Å². The number of rotatable bonds is 2. The first kappa shape index (κ1) is 17.7. The summed E-state index contributed by atoms with van der Waals surface area (Å²) in [6.45, 7) is 5.96. The van der Waals surface area contributed by atoms with Gasteiger partial charge in [-0.25, -0.2) is 15.0 Å². The molecule has 1 aromatic heterocycles. The Hall–Kier alpha value is -3.09. The van der Waals surface area contributed by atoms with Crippen LogP contribution in [0.3, 0.4) is 0 Å². The molecule has 1 aromatic carbocycles. The largest absolute Gasteiger partial charge is 0.512 e. The average molecular weight is 351 g/mol. The molecular weight excluding hydrogens is 330 g/mol. The lowest BCUT2D eigenvalue weighted by molar-refractivity contribution is -0.115. The zero-order valence-electron chi connectivity index (χ0n) is 15.1. The molecule has 134 valence electrons. The molecule has 0 spiro atoms. The van der Waals surface area contributed by atoms with E-state index in [0.717, 1.165) is 22.2 Å². The lowest BCUT2D eigenvalue weighted by atomic mass is 9.97. The van der Waals surface area contributed by atoms with Gasteiger partial charge in [-0.2, -0.15) is 4.99 Å². The van der Waals surface area contributed by atoms with Gasteiger partial charge in [0, 0.05) is 24.4 Å². The fraction of sp³-hybridized carbons (Fsp3) is 0.316. The van der Waals surface area contributed by atoms with E-state index in [1.807, 2.05) is 26.8 Å². The van der Waals surface area contributed by atoms with Crippen LogP contribution in [0.5, 0.6) is 0 Å². The zero-order valence-corrected chi connectivity index (χ0v) is 15.1. The van der Waals surface area contributed by atoms with Crippen LogP contribution >= 0.6 is 0 Å². The van der Waals surface area contributed by atoms with Crippen molar-refractivity contribution >= 4 is 34.8 Å². The SMILES string of the molecule is Cc1cc2nc(N=C(N)N=CC3=C(O)CCCC3=O)nc(C)c2cc1C. The molecule has 0 unspecified atom stereocenters. The summed E-state index contributed by atoms with van der Waals surface area (Å²) in [4.78, 5) is 28.7. The number of aliphatic imine (C=N–C) groups is 2. The van der Waals surface area contributed by atoms with Crippen LogP contribution in [0.2, 0.25) is 0 Å². The molecule has 1 aliphatic carbocycles. The minimum absolute atomic E-state index is 0.0430. The molecule has 0 saturated carbocycles. The Morgan fingerprint density at radius 3 is 2.65 bits per heavy atom. The number of ketones is 1. The predicted molar refractivity (Wildman–Crippen MR) is 102 cm³/mol. The third-order valence-electron chi connectivity index (χ3n) is 4.46. The van der Waals surface area contributed by atoms with Gasteiger partial charge in [-0.1, -0.05) is 0 Å². The predicted octanol–water partition coefficient (Wildman–Crippen LogP) is 3.14. The van der Waals surface area contributed by atoms with Gasteiger partial charge in [-0.3, -0.25) is 4.79 Å². The van der Waals surface area contributed by atoms with Gasteiger partial charge < -0.3 is 10.8 Å². The molecule has 7 nitrogen and oxygen atoms in total. The van der Waals surface area contributed by atoms with Crippen molar-refractivity contribution in [2.24, 2.45) is 15.7 Å². The number of hydrogen-bond donors (Lipinski definition) is 2. The van der Waals surface area contributed by atoms with Crippen LogP contribution < -0.4 is 5.73 Å². The van der Waals surface area contributed by atoms with Crippen molar-refractivity contribution in [3.63, 3.8) is 0 Å². The van der Waals surface area contributed by atoms with E-state index in [1.165, 1.54) is 11.8 Å². The Kier molecular flexibility index (Phi) is 4.79. The molecule has 1 aliphatic rings. The smallest absolute Gasteiger partial charge is 0.253 e. The van der Waals surface area contributed by atoms with Crippen LogP contribution in [-0.2, 0) is 4.79 Å². The molecule has 0 amide bonds. The van der Waals surface area contributed by atoms with Gasteiger partial charge in [0.1, 0.15) is 5.76 Å². The quantitative estimate of drug-likeness (QED) is 0.637. The number of aromatic nitrogens is 2. The molecule has 0 saturated heterocycles. The number of guanidine groups is 1. The number of aliphatic hydroxyl groups is 1. The minimum Gasteiger partial charge on any atom is -0.512 e. The molecular formula is C19H21N5O2. The standard InChI is InChI=1S/C19H21N5O2/c1-10-7-13-12(3)22-19(23-15(13)8-11(10)2)24-18(20)21-9-14-16(25)5-4-6-17(14)26/h7-9,25H,4-6H2,1-3H3,(H2,20,22,23,24). The summed E-state index contributed by atoms with van der Waals surface area (Å²) in [6.07, 6.45) is 2.77. The van der Waals surface area contributed by atoms with E-state index >= 15 is 0 Å². The highest BCUT2D eigenvalue weighted by Gasteiger charge is 2.18. The highest BCUT2D eigenvalue weighted by Crippen LogP contribution is 2.22. The molecule has 3 rings (SSSR count). The molecule has 0 aliphatic heterocycles. The monoisotopic (exact) mass is 351 g/mol. The highest BCUT2D eigenvalue weighted by atomic mass is 16.3. The molecule has 3 N–H and O–H groups in total. The fourth-order valence-electron chi connectivity index (χ4n) is 2.83. The molecule has 1 heterocycles. The van der Waals surface area contributed by atoms with Crippen molar-refractivity contribution in [2.45, 2.75) is 40.0 Å².